The molecule has 0 amide bonds. The van der Waals surface area contributed by atoms with E-state index < -0.39 is 0 Å². The van der Waals surface area contributed by atoms with Gasteiger partial charge < -0.3 is 0 Å². The Balaban J connectivity index is 2.20. The second-order valence-electron chi connectivity index (χ2n) is 5.61. The van der Waals surface area contributed by atoms with Gasteiger partial charge in [-0.25, -0.2) is 4.58 Å². The van der Waals surface area contributed by atoms with Crippen molar-refractivity contribution in [1.82, 2.24) is 0 Å². The van der Waals surface area contributed by atoms with Gasteiger partial charge in [0.05, 0.1) is 5.56 Å². The molecule has 0 saturated heterocycles. The van der Waals surface area contributed by atoms with Gasteiger partial charge in [0.15, 0.2) is 18.8 Å². The van der Waals surface area contributed by atoms with Crippen LogP contribution in [0.2, 0.25) is 0 Å². The van der Waals surface area contributed by atoms with Crippen LogP contribution in [0.25, 0.3) is 11.3 Å². The highest BCUT2D eigenvalue weighted by atomic mass is 15.0. The number of hydrogen-bond donors (Lipinski definition) is 0. The SMILES string of the molecule is C=CC1C(C[N+](C)=CC)c2ccccc2-c2cccc[n+]21. The van der Waals surface area contributed by atoms with Gasteiger partial charge in [-0.15, -0.1) is 0 Å². The molecule has 0 radical (unpaired) electrons. The molecule has 0 saturated carbocycles. The predicted octanol–water partition coefficient (Wildman–Crippen LogP) is 3.20. The summed E-state index contributed by atoms with van der Waals surface area (Å²) in [6.07, 6.45) is 6.38. The van der Waals surface area contributed by atoms with Crippen LogP contribution in [-0.2, 0) is 0 Å². The Hall–Kier alpha value is -2.22. The van der Waals surface area contributed by atoms with Crippen molar-refractivity contribution in [2.45, 2.75) is 18.9 Å². The lowest BCUT2D eigenvalue weighted by molar-refractivity contribution is -0.711. The molecule has 1 aliphatic heterocycles. The first-order valence-corrected chi connectivity index (χ1v) is 7.48. The maximum atomic E-state index is 4.09. The number of fused-ring (bicyclic) bond motifs is 3. The number of aromatic nitrogens is 1. The first kappa shape index (κ1) is 13.7. The van der Waals surface area contributed by atoms with Gasteiger partial charge in [0.25, 0.3) is 0 Å². The largest absolute Gasteiger partial charge is 0.242 e. The highest BCUT2D eigenvalue weighted by Crippen LogP contribution is 2.38. The highest BCUT2D eigenvalue weighted by molar-refractivity contribution is 5.63. The lowest BCUT2D eigenvalue weighted by Gasteiger charge is -2.27. The standard InChI is InChI=1S/C19H22N2/c1-4-18-17(14-20(3)5-2)15-10-6-7-11-16(15)19-12-8-9-13-21(18)19/h4-13,17-18H,1,14H2,2-3H3/q+2. The lowest BCUT2D eigenvalue weighted by atomic mass is 9.83. The second kappa shape index (κ2) is 5.65. The number of hydrogen-bond acceptors (Lipinski definition) is 0. The molecule has 1 aromatic carbocycles. The summed E-state index contributed by atoms with van der Waals surface area (Å²) in [7, 11) is 2.13. The van der Waals surface area contributed by atoms with E-state index in [0.29, 0.717) is 12.0 Å². The molecular weight excluding hydrogens is 256 g/mol. The quantitative estimate of drug-likeness (QED) is 0.462. The van der Waals surface area contributed by atoms with Crippen molar-refractivity contribution in [2.24, 2.45) is 0 Å². The third-order valence-electron chi connectivity index (χ3n) is 4.43. The molecule has 1 aliphatic rings. The summed E-state index contributed by atoms with van der Waals surface area (Å²) < 4.78 is 4.61. The van der Waals surface area contributed by atoms with E-state index in [1.807, 2.05) is 0 Å². The molecule has 0 aliphatic carbocycles. The van der Waals surface area contributed by atoms with Crippen LogP contribution in [0.1, 0.15) is 24.4 Å². The molecule has 2 atom stereocenters. The molecular formula is C19H22N2+2. The first-order chi connectivity index (χ1) is 10.3. The number of rotatable bonds is 3. The smallest absolute Gasteiger partial charge is 0.213 e. The normalized spacial score (nSPS) is 20.6. The topological polar surface area (TPSA) is 6.89 Å². The van der Waals surface area contributed by atoms with Crippen LogP contribution < -0.4 is 4.57 Å². The van der Waals surface area contributed by atoms with Gasteiger partial charge in [-0.3, -0.25) is 0 Å². The van der Waals surface area contributed by atoms with E-state index in [4.69, 9.17) is 0 Å². The Labute approximate surface area is 126 Å². The Kier molecular flexibility index (Phi) is 3.70. The van der Waals surface area contributed by atoms with Crippen LogP contribution in [-0.4, -0.2) is 24.4 Å². The molecule has 2 aromatic rings. The minimum absolute atomic E-state index is 0.290. The number of benzene rings is 1. The van der Waals surface area contributed by atoms with Crippen molar-refractivity contribution in [3.8, 4) is 11.3 Å². The summed E-state index contributed by atoms with van der Waals surface area (Å²) in [5.41, 5.74) is 4.03. The van der Waals surface area contributed by atoms with E-state index in [1.54, 1.807) is 0 Å². The van der Waals surface area contributed by atoms with Crippen LogP contribution in [0, 0.1) is 0 Å². The van der Waals surface area contributed by atoms with Gasteiger partial charge in [0, 0.05) is 19.1 Å². The molecule has 3 rings (SSSR count). The first-order valence-electron chi connectivity index (χ1n) is 7.48. The number of allylic oxidation sites excluding steroid dienone is 1. The van der Waals surface area contributed by atoms with Gasteiger partial charge >= 0.3 is 0 Å². The second-order valence-corrected chi connectivity index (χ2v) is 5.61. The zero-order chi connectivity index (χ0) is 14.8. The Morgan fingerprint density at radius 1 is 1.19 bits per heavy atom. The molecule has 1 aromatic heterocycles. The Morgan fingerprint density at radius 3 is 2.71 bits per heavy atom. The highest BCUT2D eigenvalue weighted by Gasteiger charge is 2.39. The van der Waals surface area contributed by atoms with Gasteiger partial charge in [-0.1, -0.05) is 24.8 Å². The van der Waals surface area contributed by atoms with Crippen LogP contribution in [0.3, 0.4) is 0 Å². The van der Waals surface area contributed by atoms with Crippen molar-refractivity contribution in [2.75, 3.05) is 13.6 Å². The van der Waals surface area contributed by atoms with Crippen molar-refractivity contribution >= 4 is 6.21 Å². The maximum Gasteiger partial charge on any atom is 0.213 e. The zero-order valence-corrected chi connectivity index (χ0v) is 12.7. The summed E-state index contributed by atoms with van der Waals surface area (Å²) in [5.74, 6) is 0.416. The van der Waals surface area contributed by atoms with E-state index in [9.17, 15) is 0 Å². The molecule has 0 fully saturated rings. The van der Waals surface area contributed by atoms with E-state index in [0.717, 1.165) is 6.54 Å². The molecule has 106 valence electrons. The minimum Gasteiger partial charge on any atom is -0.242 e. The summed E-state index contributed by atoms with van der Waals surface area (Å²) in [6.45, 7) is 7.16. The zero-order valence-electron chi connectivity index (χ0n) is 12.7. The fourth-order valence-electron chi connectivity index (χ4n) is 3.28. The summed E-state index contributed by atoms with van der Waals surface area (Å²) in [6, 6.07) is 15.4. The average molecular weight is 278 g/mol. The summed E-state index contributed by atoms with van der Waals surface area (Å²) >= 11 is 0. The fraction of sp³-hybridized carbons (Fsp3) is 0.263. The minimum atomic E-state index is 0.290. The van der Waals surface area contributed by atoms with Crippen molar-refractivity contribution in [3.05, 3.63) is 66.9 Å². The average Bonchev–Trinajstić information content (AvgIpc) is 2.55. The Bertz CT molecular complexity index is 700. The van der Waals surface area contributed by atoms with Gasteiger partial charge in [0.1, 0.15) is 19.2 Å². The fourth-order valence-corrected chi connectivity index (χ4v) is 3.28. The molecule has 2 heteroatoms. The molecule has 0 spiro atoms. The van der Waals surface area contributed by atoms with Crippen molar-refractivity contribution in [1.29, 1.82) is 0 Å². The molecule has 0 bridgehead atoms. The monoisotopic (exact) mass is 278 g/mol. The molecule has 2 unspecified atom stereocenters. The molecule has 0 N–H and O–H groups in total. The molecule has 2 heterocycles. The summed E-state index contributed by atoms with van der Waals surface area (Å²) in [4.78, 5) is 0. The van der Waals surface area contributed by atoms with Crippen molar-refractivity contribution < 1.29 is 9.14 Å². The maximum absolute atomic E-state index is 4.09. The third-order valence-corrected chi connectivity index (χ3v) is 4.43. The predicted molar refractivity (Wildman–Crippen MR) is 86.8 cm³/mol. The van der Waals surface area contributed by atoms with Crippen LogP contribution in [0.5, 0.6) is 0 Å². The third kappa shape index (κ3) is 2.31. The van der Waals surface area contributed by atoms with E-state index in [2.05, 4.69) is 90.6 Å². The van der Waals surface area contributed by atoms with Gasteiger partial charge in [-0.05, 0) is 23.8 Å². The van der Waals surface area contributed by atoms with Crippen LogP contribution >= 0.6 is 0 Å². The number of pyridine rings is 1. The molecule has 2 nitrogen and oxygen atoms in total. The summed E-state index contributed by atoms with van der Waals surface area (Å²) in [5, 5.41) is 0. The van der Waals surface area contributed by atoms with Crippen molar-refractivity contribution in [3.63, 3.8) is 0 Å². The van der Waals surface area contributed by atoms with Gasteiger partial charge in [-0.2, -0.15) is 4.57 Å². The van der Waals surface area contributed by atoms with Crippen LogP contribution in [0.15, 0.2) is 61.3 Å². The van der Waals surface area contributed by atoms with E-state index >= 15 is 0 Å². The number of likely N-dealkylation sites (N-methyl/N-ethyl adjacent to an activating group) is 1. The van der Waals surface area contributed by atoms with Crippen LogP contribution in [0.4, 0.5) is 0 Å². The number of nitrogens with zero attached hydrogens (tertiary/aromatic N) is 2. The van der Waals surface area contributed by atoms with E-state index in [1.165, 1.54) is 16.8 Å². The van der Waals surface area contributed by atoms with Gasteiger partial charge in [0.2, 0.25) is 5.69 Å². The van der Waals surface area contributed by atoms with E-state index in [-0.39, 0.29) is 0 Å². The molecule has 21 heavy (non-hydrogen) atoms. The lowest BCUT2D eigenvalue weighted by Crippen LogP contribution is -2.48. The Morgan fingerprint density at radius 2 is 1.95 bits per heavy atom.